The number of carbonyl (C=O) groups excluding carboxylic acids is 4. The Hall–Kier alpha value is -2.55. The third kappa shape index (κ3) is 12.1. The van der Waals surface area contributed by atoms with Crippen LogP contribution in [0.3, 0.4) is 0 Å². The third-order valence-electron chi connectivity index (χ3n) is 14.0. The lowest BCUT2D eigenvalue weighted by Crippen LogP contribution is -2.64. The van der Waals surface area contributed by atoms with E-state index in [0.29, 0.717) is 43.8 Å². The number of amides is 1. The van der Waals surface area contributed by atoms with Crippen LogP contribution in [0.4, 0.5) is 4.39 Å². The fourth-order valence-electron chi connectivity index (χ4n) is 9.68. The zero-order chi connectivity index (χ0) is 44.5. The predicted molar refractivity (Wildman–Crippen MR) is 227 cm³/mol. The molecule has 3 heterocycles. The highest BCUT2D eigenvalue weighted by molar-refractivity contribution is 6.39. The Morgan fingerprint density at radius 3 is 2.33 bits per heavy atom. The summed E-state index contributed by atoms with van der Waals surface area (Å²) in [4.78, 5) is 58.0. The van der Waals surface area contributed by atoms with E-state index < -0.39 is 77.8 Å². The van der Waals surface area contributed by atoms with Crippen LogP contribution in [0.25, 0.3) is 0 Å². The van der Waals surface area contributed by atoms with Crippen LogP contribution in [0.5, 0.6) is 0 Å². The van der Waals surface area contributed by atoms with Gasteiger partial charge in [0.2, 0.25) is 5.79 Å². The molecule has 3 N–H and O–H groups in total. The van der Waals surface area contributed by atoms with E-state index in [0.717, 1.165) is 31.3 Å². The molecule has 15 unspecified atom stereocenters. The van der Waals surface area contributed by atoms with E-state index in [9.17, 15) is 24.3 Å². The molecular formula is C47H77FN2O10. The normalized spacial score (nSPS) is 40.1. The SMILES string of the molecule is CCC(C)COC1CC(C=C(C)C2OC(=O)C3CCCCN3C(=O)C(=O)C3(O)OC(C(OC)CC(C)C(F)/C(C)=C/C(CC)C(=O)CCC2C)C(OC)CC3C)CCC1N. The molecule has 3 fully saturated rings. The van der Waals surface area contributed by atoms with E-state index in [1.54, 1.807) is 26.8 Å². The minimum atomic E-state index is -2.56. The second-order valence-electron chi connectivity index (χ2n) is 18.7. The maximum absolute atomic E-state index is 16.2. The van der Waals surface area contributed by atoms with Crippen molar-refractivity contribution in [3.63, 3.8) is 0 Å². The number of halogens is 1. The second-order valence-corrected chi connectivity index (χ2v) is 18.7. The van der Waals surface area contributed by atoms with Gasteiger partial charge in [-0.05, 0) is 113 Å². The fraction of sp³-hybridized carbons (Fsp3) is 0.830. The number of carbonyl (C=O) groups is 4. The van der Waals surface area contributed by atoms with Crippen molar-refractivity contribution in [3.05, 3.63) is 23.3 Å². The smallest absolute Gasteiger partial charge is 0.329 e. The molecule has 12 nitrogen and oxygen atoms in total. The van der Waals surface area contributed by atoms with Crippen LogP contribution in [0.2, 0.25) is 0 Å². The van der Waals surface area contributed by atoms with Gasteiger partial charge in [0.25, 0.3) is 11.7 Å². The molecule has 0 aromatic heterocycles. The molecule has 1 saturated carbocycles. The largest absolute Gasteiger partial charge is 0.456 e. The summed E-state index contributed by atoms with van der Waals surface area (Å²) >= 11 is 0. The summed E-state index contributed by atoms with van der Waals surface area (Å²) < 4.78 is 46.7. The highest BCUT2D eigenvalue weighted by atomic mass is 19.1. The van der Waals surface area contributed by atoms with Crippen LogP contribution >= 0.6 is 0 Å². The first-order valence-corrected chi connectivity index (χ1v) is 22.8. The van der Waals surface area contributed by atoms with Gasteiger partial charge in [-0.15, -0.1) is 0 Å². The Kier molecular flexibility index (Phi) is 19.0. The van der Waals surface area contributed by atoms with Gasteiger partial charge in [-0.2, -0.15) is 0 Å². The zero-order valence-corrected chi connectivity index (χ0v) is 38.2. The summed E-state index contributed by atoms with van der Waals surface area (Å²) in [7, 11) is 2.93. The summed E-state index contributed by atoms with van der Waals surface area (Å²) in [5.74, 6) is -7.17. The molecular weight excluding hydrogens is 772 g/mol. The van der Waals surface area contributed by atoms with Crippen molar-refractivity contribution in [3.8, 4) is 0 Å². The van der Waals surface area contributed by atoms with Crippen LogP contribution in [0.1, 0.15) is 132 Å². The molecule has 0 aromatic carbocycles. The number of methoxy groups -OCH3 is 2. The molecule has 1 amide bonds. The van der Waals surface area contributed by atoms with Gasteiger partial charge in [-0.3, -0.25) is 14.4 Å². The van der Waals surface area contributed by atoms with Gasteiger partial charge >= 0.3 is 5.97 Å². The van der Waals surface area contributed by atoms with Gasteiger partial charge in [-0.25, -0.2) is 9.18 Å². The number of cyclic esters (lactones) is 1. The Bertz CT molecular complexity index is 1520. The quantitative estimate of drug-likeness (QED) is 0.142. The summed E-state index contributed by atoms with van der Waals surface area (Å²) in [6.07, 6.45) is 5.35. The highest BCUT2D eigenvalue weighted by Gasteiger charge is 2.56. The van der Waals surface area contributed by atoms with E-state index in [2.05, 4.69) is 19.9 Å². The molecule has 15 atom stereocenters. The van der Waals surface area contributed by atoms with Crippen molar-refractivity contribution in [2.45, 2.75) is 187 Å². The second kappa shape index (κ2) is 22.7. The Morgan fingerprint density at radius 1 is 1.00 bits per heavy atom. The number of aliphatic hydroxyl groups is 1. The maximum Gasteiger partial charge on any atom is 0.329 e. The van der Waals surface area contributed by atoms with Gasteiger partial charge in [-0.1, -0.05) is 60.1 Å². The van der Waals surface area contributed by atoms with E-state index in [4.69, 9.17) is 29.4 Å². The number of hydrogen-bond donors (Lipinski definition) is 2. The minimum absolute atomic E-state index is 0.0204. The van der Waals surface area contributed by atoms with Gasteiger partial charge in [0, 0.05) is 51.7 Å². The molecule has 4 aliphatic rings. The van der Waals surface area contributed by atoms with Crippen molar-refractivity contribution < 1.29 is 52.4 Å². The summed E-state index contributed by atoms with van der Waals surface area (Å²) in [5, 5.41) is 12.1. The predicted octanol–water partition coefficient (Wildman–Crippen LogP) is 6.83. The van der Waals surface area contributed by atoms with E-state index in [1.165, 1.54) is 19.1 Å². The molecule has 2 saturated heterocycles. The van der Waals surface area contributed by atoms with Crippen LogP contribution < -0.4 is 5.73 Å². The maximum atomic E-state index is 16.2. The molecule has 342 valence electrons. The number of hydrogen-bond acceptors (Lipinski definition) is 11. The summed E-state index contributed by atoms with van der Waals surface area (Å²) in [5.41, 5.74) is 7.77. The first kappa shape index (κ1) is 50.1. The first-order valence-electron chi connectivity index (χ1n) is 22.8. The van der Waals surface area contributed by atoms with Crippen molar-refractivity contribution >= 4 is 23.4 Å². The first-order chi connectivity index (χ1) is 28.4. The standard InChI is InChI=1S/C47H77FN2O10/c1-11-27(3)26-58-38-25-33(17-18-35(38)49)21-31(7)42-28(4)16-19-37(51)34(12-2)22-29(5)41(48)30(6)23-39(56-9)43-40(57-10)24-32(8)47(55,60-43)44(52)45(53)50-20-14-13-15-36(50)46(54)59-42/h21-22,27-28,30,32-36,38-43,55H,11-20,23-26,49H2,1-10H3/b29-22+,31-21?. The molecule has 3 aliphatic heterocycles. The average molecular weight is 849 g/mol. The van der Waals surface area contributed by atoms with Crippen LogP contribution in [0, 0.1) is 35.5 Å². The van der Waals surface area contributed by atoms with Crippen molar-refractivity contribution in [2.24, 2.45) is 41.2 Å². The average Bonchev–Trinajstić information content (AvgIpc) is 3.24. The van der Waals surface area contributed by atoms with Crippen molar-refractivity contribution in [1.29, 1.82) is 0 Å². The minimum Gasteiger partial charge on any atom is -0.456 e. The summed E-state index contributed by atoms with van der Waals surface area (Å²) in [6.45, 7) is 15.9. The number of allylic oxidation sites excluding steroid dienone is 3. The van der Waals surface area contributed by atoms with Gasteiger partial charge in [0.05, 0.1) is 18.3 Å². The Balaban J connectivity index is 1.73. The van der Waals surface area contributed by atoms with Crippen molar-refractivity contribution in [1.82, 2.24) is 4.90 Å². The molecule has 1 aliphatic carbocycles. The number of esters is 1. The molecule has 2 bridgehead atoms. The third-order valence-corrected chi connectivity index (χ3v) is 14.0. The molecule has 0 spiro atoms. The van der Waals surface area contributed by atoms with E-state index >= 15 is 4.39 Å². The number of fused-ring (bicyclic) bond motifs is 3. The number of ketones is 2. The number of nitrogens with two attached hydrogens (primary N) is 1. The topological polar surface area (TPSA) is 164 Å². The van der Waals surface area contributed by atoms with E-state index in [-0.39, 0.29) is 62.0 Å². The fourth-order valence-corrected chi connectivity index (χ4v) is 9.68. The molecule has 13 heteroatoms. The lowest BCUT2D eigenvalue weighted by Gasteiger charge is -2.47. The monoisotopic (exact) mass is 849 g/mol. The number of nitrogens with zero attached hydrogens (tertiary/aromatic N) is 1. The van der Waals surface area contributed by atoms with E-state index in [1.807, 2.05) is 20.8 Å². The van der Waals surface area contributed by atoms with Gasteiger partial charge in [0.1, 0.15) is 30.2 Å². The lowest BCUT2D eigenvalue weighted by atomic mass is 9.81. The molecule has 4 rings (SSSR count). The number of alkyl halides is 1. The molecule has 0 aromatic rings. The van der Waals surface area contributed by atoms with Gasteiger partial charge in [0.15, 0.2) is 0 Å². The van der Waals surface area contributed by atoms with Crippen LogP contribution in [-0.4, -0.2) is 115 Å². The molecule has 0 radical (unpaired) electrons. The number of piperidine rings is 1. The Labute approximate surface area is 358 Å². The number of Topliss-reactive ketones (excluding diaryl/α,β-unsaturated/α-hetero) is 2. The zero-order valence-electron chi connectivity index (χ0n) is 38.2. The lowest BCUT2D eigenvalue weighted by molar-refractivity contribution is -0.302. The number of ether oxygens (including phenoxy) is 5. The van der Waals surface area contributed by atoms with Crippen LogP contribution in [0.15, 0.2) is 23.3 Å². The summed E-state index contributed by atoms with van der Waals surface area (Å²) in [6, 6.07) is -1.14. The highest BCUT2D eigenvalue weighted by Crippen LogP contribution is 2.39. The van der Waals surface area contributed by atoms with Crippen LogP contribution in [-0.2, 0) is 42.9 Å². The molecule has 60 heavy (non-hydrogen) atoms. The number of rotatable bonds is 9. The van der Waals surface area contributed by atoms with Crippen molar-refractivity contribution in [2.75, 3.05) is 27.4 Å². The Morgan fingerprint density at radius 2 is 1.68 bits per heavy atom. The van der Waals surface area contributed by atoms with Gasteiger partial charge < -0.3 is 39.4 Å².